The molecule has 1 heterocycles. The fraction of sp³-hybridized carbons (Fsp3) is 0.833. The average Bonchev–Trinajstić information content (AvgIpc) is 2.89. The first-order valence-electron chi connectivity index (χ1n) is 5.93. The number of hydrogen-bond donors (Lipinski definition) is 1. The number of rotatable bonds is 2. The highest BCUT2D eigenvalue weighted by molar-refractivity contribution is 5.92. The van der Waals surface area contributed by atoms with Crippen LogP contribution in [0.1, 0.15) is 40.0 Å². The van der Waals surface area contributed by atoms with E-state index >= 15 is 0 Å². The zero-order valence-corrected chi connectivity index (χ0v) is 10.3. The van der Waals surface area contributed by atoms with Crippen LogP contribution in [0.3, 0.4) is 0 Å². The van der Waals surface area contributed by atoms with Gasteiger partial charge in [-0.15, -0.1) is 0 Å². The Kier molecular flexibility index (Phi) is 2.48. The lowest BCUT2D eigenvalue weighted by Crippen LogP contribution is -2.53. The molecule has 0 unspecified atom stereocenters. The monoisotopic (exact) mass is 224 g/mol. The van der Waals surface area contributed by atoms with Crippen LogP contribution in [0.5, 0.6) is 0 Å². The second-order valence-corrected chi connectivity index (χ2v) is 5.96. The van der Waals surface area contributed by atoms with Gasteiger partial charge in [-0.1, -0.05) is 6.92 Å². The zero-order chi connectivity index (χ0) is 12.0. The Morgan fingerprint density at radius 1 is 1.25 bits per heavy atom. The fourth-order valence-corrected chi connectivity index (χ4v) is 2.18. The maximum atomic E-state index is 12.2. The number of carbonyl (C=O) groups is 2. The van der Waals surface area contributed by atoms with Crippen LogP contribution in [0.4, 0.5) is 0 Å². The largest absolute Gasteiger partial charge is 0.342 e. The molecule has 0 bridgehead atoms. The van der Waals surface area contributed by atoms with E-state index < -0.39 is 5.54 Å². The van der Waals surface area contributed by atoms with Crippen LogP contribution < -0.4 is 5.32 Å². The van der Waals surface area contributed by atoms with Gasteiger partial charge in [0.15, 0.2) is 0 Å². The minimum Gasteiger partial charge on any atom is -0.342 e. The summed E-state index contributed by atoms with van der Waals surface area (Å²) in [6.07, 6.45) is 2.81. The molecule has 0 spiro atoms. The van der Waals surface area contributed by atoms with E-state index in [4.69, 9.17) is 0 Å². The van der Waals surface area contributed by atoms with Crippen LogP contribution >= 0.6 is 0 Å². The SMILES string of the molecule is CC1(CN2CCC(=O)NC(C)(C)C2=O)CC1. The minimum atomic E-state index is -0.751. The Morgan fingerprint density at radius 3 is 2.44 bits per heavy atom. The third kappa shape index (κ3) is 2.20. The van der Waals surface area contributed by atoms with Crippen molar-refractivity contribution in [1.29, 1.82) is 0 Å². The van der Waals surface area contributed by atoms with Gasteiger partial charge in [-0.3, -0.25) is 9.59 Å². The topological polar surface area (TPSA) is 49.4 Å². The van der Waals surface area contributed by atoms with Gasteiger partial charge in [-0.25, -0.2) is 0 Å². The second-order valence-electron chi connectivity index (χ2n) is 5.96. The van der Waals surface area contributed by atoms with Gasteiger partial charge in [0, 0.05) is 19.5 Å². The summed E-state index contributed by atoms with van der Waals surface area (Å²) < 4.78 is 0. The van der Waals surface area contributed by atoms with E-state index in [9.17, 15) is 9.59 Å². The Morgan fingerprint density at radius 2 is 1.88 bits per heavy atom. The summed E-state index contributed by atoms with van der Waals surface area (Å²) in [6.45, 7) is 7.11. The minimum absolute atomic E-state index is 0.0261. The van der Waals surface area contributed by atoms with Crippen molar-refractivity contribution in [3.8, 4) is 0 Å². The van der Waals surface area contributed by atoms with E-state index in [2.05, 4.69) is 12.2 Å². The van der Waals surface area contributed by atoms with E-state index in [1.165, 1.54) is 12.8 Å². The summed E-state index contributed by atoms with van der Waals surface area (Å²) in [4.78, 5) is 25.6. The molecule has 2 amide bonds. The Hall–Kier alpha value is -1.06. The molecule has 90 valence electrons. The Bertz CT molecular complexity index is 332. The van der Waals surface area contributed by atoms with Crippen molar-refractivity contribution in [3.63, 3.8) is 0 Å². The summed E-state index contributed by atoms with van der Waals surface area (Å²) in [5.74, 6) is 0.0216. The van der Waals surface area contributed by atoms with E-state index in [1.54, 1.807) is 13.8 Å². The van der Waals surface area contributed by atoms with Crippen LogP contribution in [0, 0.1) is 5.41 Å². The summed E-state index contributed by atoms with van der Waals surface area (Å²) >= 11 is 0. The highest BCUT2D eigenvalue weighted by Crippen LogP contribution is 2.45. The normalized spacial score (nSPS) is 27.3. The molecule has 0 aromatic heterocycles. The molecule has 4 nitrogen and oxygen atoms in total. The molecule has 16 heavy (non-hydrogen) atoms. The summed E-state index contributed by atoms with van der Waals surface area (Å²) in [5.41, 5.74) is -0.446. The van der Waals surface area contributed by atoms with Crippen LogP contribution in [0.15, 0.2) is 0 Å². The fourth-order valence-electron chi connectivity index (χ4n) is 2.18. The first kappa shape index (κ1) is 11.4. The van der Waals surface area contributed by atoms with Gasteiger partial charge >= 0.3 is 0 Å². The molecule has 2 aliphatic rings. The van der Waals surface area contributed by atoms with Gasteiger partial charge in [0.2, 0.25) is 11.8 Å². The number of nitrogens with zero attached hydrogens (tertiary/aromatic N) is 1. The first-order chi connectivity index (χ1) is 7.32. The molecule has 1 saturated carbocycles. The molecule has 2 rings (SSSR count). The van der Waals surface area contributed by atoms with Crippen LogP contribution in [0.25, 0.3) is 0 Å². The van der Waals surface area contributed by atoms with Crippen LogP contribution in [0.2, 0.25) is 0 Å². The maximum Gasteiger partial charge on any atom is 0.247 e. The Labute approximate surface area is 96.4 Å². The van der Waals surface area contributed by atoms with Crippen molar-refractivity contribution < 1.29 is 9.59 Å². The van der Waals surface area contributed by atoms with Gasteiger partial charge in [0.25, 0.3) is 0 Å². The number of nitrogens with one attached hydrogen (secondary N) is 1. The van der Waals surface area contributed by atoms with Gasteiger partial charge in [-0.2, -0.15) is 0 Å². The van der Waals surface area contributed by atoms with E-state index in [0.717, 1.165) is 6.54 Å². The highest BCUT2D eigenvalue weighted by atomic mass is 16.2. The third-order valence-electron chi connectivity index (χ3n) is 3.56. The molecular formula is C12H20N2O2. The lowest BCUT2D eigenvalue weighted by atomic mass is 10.0. The molecule has 1 aliphatic carbocycles. The second kappa shape index (κ2) is 3.47. The predicted molar refractivity (Wildman–Crippen MR) is 60.8 cm³/mol. The van der Waals surface area contributed by atoms with Crippen molar-refractivity contribution in [2.45, 2.75) is 45.6 Å². The number of amides is 2. The predicted octanol–water partition coefficient (Wildman–Crippen LogP) is 0.914. The maximum absolute atomic E-state index is 12.2. The van der Waals surface area contributed by atoms with Gasteiger partial charge < -0.3 is 10.2 Å². The van der Waals surface area contributed by atoms with Gasteiger partial charge in [-0.05, 0) is 32.1 Å². The smallest absolute Gasteiger partial charge is 0.247 e. The molecule has 4 heteroatoms. The zero-order valence-electron chi connectivity index (χ0n) is 10.3. The van der Waals surface area contributed by atoms with Gasteiger partial charge in [0.05, 0.1) is 0 Å². The van der Waals surface area contributed by atoms with Crippen molar-refractivity contribution >= 4 is 11.8 Å². The molecular weight excluding hydrogens is 204 g/mol. The lowest BCUT2D eigenvalue weighted by Gasteiger charge is -2.30. The van der Waals surface area contributed by atoms with Crippen molar-refractivity contribution in [2.24, 2.45) is 5.41 Å². The summed E-state index contributed by atoms with van der Waals surface area (Å²) in [5, 5.41) is 2.77. The van der Waals surface area contributed by atoms with Crippen molar-refractivity contribution in [1.82, 2.24) is 10.2 Å². The van der Waals surface area contributed by atoms with Crippen molar-refractivity contribution in [2.75, 3.05) is 13.1 Å². The van der Waals surface area contributed by atoms with E-state index in [-0.39, 0.29) is 11.8 Å². The molecule has 0 radical (unpaired) electrons. The Balaban J connectivity index is 2.11. The van der Waals surface area contributed by atoms with E-state index in [0.29, 0.717) is 18.4 Å². The van der Waals surface area contributed by atoms with Gasteiger partial charge in [0.1, 0.15) is 5.54 Å². The molecule has 2 fully saturated rings. The molecule has 1 saturated heterocycles. The highest BCUT2D eigenvalue weighted by Gasteiger charge is 2.43. The number of carbonyl (C=O) groups excluding carboxylic acids is 2. The quantitative estimate of drug-likeness (QED) is 0.758. The van der Waals surface area contributed by atoms with E-state index in [1.807, 2.05) is 4.90 Å². The third-order valence-corrected chi connectivity index (χ3v) is 3.56. The first-order valence-corrected chi connectivity index (χ1v) is 5.93. The van der Waals surface area contributed by atoms with Crippen molar-refractivity contribution in [3.05, 3.63) is 0 Å². The standard InChI is InChI=1S/C12H20N2O2/c1-11(2)10(16)14(7-4-9(15)13-11)8-12(3)5-6-12/h4-8H2,1-3H3,(H,13,15). The van der Waals surface area contributed by atoms with Crippen LogP contribution in [-0.2, 0) is 9.59 Å². The lowest BCUT2D eigenvalue weighted by molar-refractivity contribution is -0.138. The molecule has 0 atom stereocenters. The summed E-state index contributed by atoms with van der Waals surface area (Å²) in [6, 6.07) is 0. The van der Waals surface area contributed by atoms with Crippen LogP contribution in [-0.4, -0.2) is 35.3 Å². The molecule has 1 N–H and O–H groups in total. The number of hydrogen-bond acceptors (Lipinski definition) is 2. The molecule has 0 aromatic rings. The summed E-state index contributed by atoms with van der Waals surface area (Å²) in [7, 11) is 0. The average molecular weight is 224 g/mol. The molecule has 1 aliphatic heterocycles. The molecule has 0 aromatic carbocycles.